The van der Waals surface area contributed by atoms with Gasteiger partial charge in [0, 0.05) is 24.2 Å². The van der Waals surface area contributed by atoms with Crippen molar-refractivity contribution < 1.29 is 14.3 Å². The van der Waals surface area contributed by atoms with Crippen LogP contribution in [-0.4, -0.2) is 27.8 Å². The van der Waals surface area contributed by atoms with Gasteiger partial charge in [0.25, 0.3) is 0 Å². The van der Waals surface area contributed by atoms with Gasteiger partial charge in [-0.25, -0.2) is 9.78 Å². The summed E-state index contributed by atoms with van der Waals surface area (Å²) in [5.74, 6) is 0.215. The van der Waals surface area contributed by atoms with E-state index in [1.807, 2.05) is 18.6 Å². The molecule has 0 atom stereocenters. The largest absolute Gasteiger partial charge is 0.487 e. The molecule has 3 aromatic rings. The highest BCUT2D eigenvalue weighted by Gasteiger charge is 2.09. The topological polar surface area (TPSA) is 66.2 Å². The van der Waals surface area contributed by atoms with Crippen LogP contribution < -0.4 is 4.74 Å². The molecule has 0 aliphatic rings. The molecule has 0 unspecified atom stereocenters. The second-order valence-electron chi connectivity index (χ2n) is 4.85. The molecule has 0 saturated carbocycles. The summed E-state index contributed by atoms with van der Waals surface area (Å²) >= 11 is 1.54. The Morgan fingerprint density at radius 3 is 3.00 bits per heavy atom. The minimum Gasteiger partial charge on any atom is -0.487 e. The lowest BCUT2D eigenvalue weighted by Gasteiger charge is -2.05. The third kappa shape index (κ3) is 3.57. The maximum absolute atomic E-state index is 11.5. The lowest BCUT2D eigenvalue weighted by Crippen LogP contribution is -2.02. The van der Waals surface area contributed by atoms with E-state index in [1.54, 1.807) is 46.5 Å². The Bertz CT molecular complexity index is 825. The van der Waals surface area contributed by atoms with Gasteiger partial charge < -0.3 is 9.47 Å². The summed E-state index contributed by atoms with van der Waals surface area (Å²) in [6.45, 7) is 0.335. The highest BCUT2D eigenvalue weighted by atomic mass is 32.1. The molecule has 0 saturated heterocycles. The number of rotatable bonds is 5. The molecule has 23 heavy (non-hydrogen) atoms. The fourth-order valence-corrected chi connectivity index (χ4v) is 2.81. The van der Waals surface area contributed by atoms with Crippen LogP contribution >= 0.6 is 11.3 Å². The van der Waals surface area contributed by atoms with Gasteiger partial charge in [-0.05, 0) is 18.2 Å². The molecule has 0 bridgehead atoms. The number of nitrogens with zero attached hydrogens (tertiary/aromatic N) is 3. The smallest absolute Gasteiger partial charge is 0.337 e. The summed E-state index contributed by atoms with van der Waals surface area (Å²) in [7, 11) is 3.22. The van der Waals surface area contributed by atoms with Crippen molar-refractivity contribution in [3.8, 4) is 16.3 Å². The van der Waals surface area contributed by atoms with Gasteiger partial charge in [0.2, 0.25) is 0 Å². The Kier molecular flexibility index (Phi) is 4.38. The van der Waals surface area contributed by atoms with Gasteiger partial charge in [-0.1, -0.05) is 6.07 Å². The fourth-order valence-electron chi connectivity index (χ4n) is 2.03. The number of benzene rings is 1. The Hall–Kier alpha value is -2.67. The zero-order valence-electron chi connectivity index (χ0n) is 12.7. The van der Waals surface area contributed by atoms with Gasteiger partial charge in [0.05, 0.1) is 24.6 Å². The van der Waals surface area contributed by atoms with Crippen molar-refractivity contribution in [1.82, 2.24) is 14.8 Å². The van der Waals surface area contributed by atoms with E-state index in [0.717, 1.165) is 16.3 Å². The molecule has 3 rings (SSSR count). The number of carbonyl (C=O) groups is 1. The van der Waals surface area contributed by atoms with Crippen molar-refractivity contribution in [3.05, 3.63) is 53.3 Å². The monoisotopic (exact) mass is 329 g/mol. The Morgan fingerprint density at radius 1 is 1.39 bits per heavy atom. The SMILES string of the molecule is COC(=O)c1cccc(OCc2csc(-c3cnn(C)c3)n2)c1. The molecule has 0 spiro atoms. The molecule has 2 aromatic heterocycles. The zero-order valence-corrected chi connectivity index (χ0v) is 13.5. The van der Waals surface area contributed by atoms with E-state index in [0.29, 0.717) is 17.9 Å². The molecule has 0 aliphatic carbocycles. The fraction of sp³-hybridized carbons (Fsp3) is 0.188. The summed E-state index contributed by atoms with van der Waals surface area (Å²) in [6, 6.07) is 6.88. The zero-order chi connectivity index (χ0) is 16.2. The van der Waals surface area contributed by atoms with Crippen molar-refractivity contribution in [2.45, 2.75) is 6.61 Å². The van der Waals surface area contributed by atoms with Gasteiger partial charge in [-0.3, -0.25) is 4.68 Å². The normalized spacial score (nSPS) is 10.5. The van der Waals surface area contributed by atoms with E-state index in [4.69, 9.17) is 9.47 Å². The number of esters is 1. The first kappa shape index (κ1) is 15.2. The van der Waals surface area contributed by atoms with Crippen LogP contribution in [-0.2, 0) is 18.4 Å². The molecular weight excluding hydrogens is 314 g/mol. The van der Waals surface area contributed by atoms with Gasteiger partial charge in [-0.15, -0.1) is 11.3 Å². The highest BCUT2D eigenvalue weighted by molar-refractivity contribution is 7.13. The minimum atomic E-state index is -0.386. The van der Waals surface area contributed by atoms with Gasteiger partial charge >= 0.3 is 5.97 Å². The van der Waals surface area contributed by atoms with Crippen molar-refractivity contribution in [1.29, 1.82) is 0 Å². The van der Waals surface area contributed by atoms with Gasteiger partial charge in [-0.2, -0.15) is 5.10 Å². The van der Waals surface area contributed by atoms with E-state index in [2.05, 4.69) is 10.1 Å². The van der Waals surface area contributed by atoms with E-state index in [1.165, 1.54) is 7.11 Å². The summed E-state index contributed by atoms with van der Waals surface area (Å²) in [5, 5.41) is 6.99. The van der Waals surface area contributed by atoms with E-state index in [-0.39, 0.29) is 5.97 Å². The van der Waals surface area contributed by atoms with Crippen molar-refractivity contribution in [2.75, 3.05) is 7.11 Å². The second kappa shape index (κ2) is 6.62. The number of methoxy groups -OCH3 is 1. The molecule has 0 amide bonds. The predicted octanol–water partition coefficient (Wildman–Crippen LogP) is 2.91. The second-order valence-corrected chi connectivity index (χ2v) is 5.71. The van der Waals surface area contributed by atoms with Gasteiger partial charge in [0.15, 0.2) is 0 Å². The summed E-state index contributed by atoms with van der Waals surface area (Å²) in [5.41, 5.74) is 2.27. The molecule has 0 radical (unpaired) electrons. The average Bonchev–Trinajstić information content (AvgIpc) is 3.21. The van der Waals surface area contributed by atoms with E-state index in [9.17, 15) is 4.79 Å². The number of carbonyl (C=O) groups excluding carboxylic acids is 1. The maximum atomic E-state index is 11.5. The summed E-state index contributed by atoms with van der Waals surface area (Å²) in [4.78, 5) is 16.0. The molecule has 1 aromatic carbocycles. The Morgan fingerprint density at radius 2 is 2.26 bits per heavy atom. The van der Waals surface area contributed by atoms with Gasteiger partial charge in [0.1, 0.15) is 17.4 Å². The van der Waals surface area contributed by atoms with Crippen molar-refractivity contribution >= 4 is 17.3 Å². The molecule has 0 N–H and O–H groups in total. The van der Waals surface area contributed by atoms with Crippen LogP contribution in [0, 0.1) is 0 Å². The summed E-state index contributed by atoms with van der Waals surface area (Å²) < 4.78 is 12.1. The molecule has 2 heterocycles. The lowest BCUT2D eigenvalue weighted by atomic mass is 10.2. The number of aryl methyl sites for hydroxylation is 1. The Balaban J connectivity index is 1.67. The standard InChI is InChI=1S/C16H15N3O3S/c1-19-8-12(7-17-19)15-18-13(10-23-15)9-22-14-5-3-4-11(6-14)16(20)21-2/h3-8,10H,9H2,1-2H3. The van der Waals surface area contributed by atoms with Crippen LogP contribution in [0.25, 0.3) is 10.6 Å². The molecule has 0 aliphatic heterocycles. The number of ether oxygens (including phenoxy) is 2. The first-order valence-electron chi connectivity index (χ1n) is 6.90. The maximum Gasteiger partial charge on any atom is 0.337 e. The first-order chi connectivity index (χ1) is 11.2. The average molecular weight is 329 g/mol. The minimum absolute atomic E-state index is 0.335. The molecule has 118 valence electrons. The predicted molar refractivity (Wildman–Crippen MR) is 86.4 cm³/mol. The number of hydrogen-bond donors (Lipinski definition) is 0. The van der Waals surface area contributed by atoms with Crippen LogP contribution in [0.4, 0.5) is 0 Å². The Labute approximate surface area is 137 Å². The van der Waals surface area contributed by atoms with Crippen LogP contribution in [0.15, 0.2) is 42.0 Å². The number of hydrogen-bond acceptors (Lipinski definition) is 6. The summed E-state index contributed by atoms with van der Waals surface area (Å²) in [6.07, 6.45) is 3.70. The third-order valence-corrected chi connectivity index (χ3v) is 4.09. The third-order valence-electron chi connectivity index (χ3n) is 3.15. The van der Waals surface area contributed by atoms with Crippen LogP contribution in [0.5, 0.6) is 5.75 Å². The molecule has 0 fully saturated rings. The van der Waals surface area contributed by atoms with Crippen LogP contribution in [0.1, 0.15) is 16.1 Å². The highest BCUT2D eigenvalue weighted by Crippen LogP contribution is 2.24. The van der Waals surface area contributed by atoms with Crippen molar-refractivity contribution in [2.24, 2.45) is 7.05 Å². The molecule has 7 heteroatoms. The quantitative estimate of drug-likeness (QED) is 0.673. The van der Waals surface area contributed by atoms with E-state index >= 15 is 0 Å². The van der Waals surface area contributed by atoms with Crippen LogP contribution in [0.3, 0.4) is 0 Å². The first-order valence-corrected chi connectivity index (χ1v) is 7.78. The number of aromatic nitrogens is 3. The van der Waals surface area contributed by atoms with Crippen LogP contribution in [0.2, 0.25) is 0 Å². The van der Waals surface area contributed by atoms with Crippen molar-refractivity contribution in [3.63, 3.8) is 0 Å². The van der Waals surface area contributed by atoms with E-state index < -0.39 is 0 Å². The molecular formula is C16H15N3O3S. The molecule has 6 nitrogen and oxygen atoms in total. The number of thiazole rings is 1. The lowest BCUT2D eigenvalue weighted by molar-refractivity contribution is 0.0600.